The van der Waals surface area contributed by atoms with Gasteiger partial charge in [-0.1, -0.05) is 60.7 Å². The van der Waals surface area contributed by atoms with Gasteiger partial charge < -0.3 is 4.74 Å². The van der Waals surface area contributed by atoms with E-state index in [4.69, 9.17) is 4.74 Å². The van der Waals surface area contributed by atoms with Gasteiger partial charge in [-0.25, -0.2) is 0 Å². The highest BCUT2D eigenvalue weighted by Crippen LogP contribution is 2.25. The quantitative estimate of drug-likeness (QED) is 0.327. The Morgan fingerprint density at radius 1 is 0.852 bits per heavy atom. The van der Waals surface area contributed by atoms with E-state index >= 15 is 0 Å². The Balaban J connectivity index is 1.99. The number of carbonyl (C=O) groups excluding carboxylic acids is 3. The summed E-state index contributed by atoms with van der Waals surface area (Å²) in [4.78, 5) is 36.8. The molecule has 0 aromatic heterocycles. The molecule has 2 rings (SSSR count). The van der Waals surface area contributed by atoms with Crippen molar-refractivity contribution in [2.75, 3.05) is 6.61 Å². The molecule has 0 aliphatic rings. The van der Waals surface area contributed by atoms with Crippen LogP contribution in [0.5, 0.6) is 0 Å². The molecular weight excluding hydrogens is 340 g/mol. The van der Waals surface area contributed by atoms with Gasteiger partial charge in [-0.15, -0.1) is 0 Å². The maximum absolute atomic E-state index is 12.8. The van der Waals surface area contributed by atoms with E-state index in [1.165, 1.54) is 0 Å². The summed E-state index contributed by atoms with van der Waals surface area (Å²) in [6.45, 7) is 2.14. The summed E-state index contributed by atoms with van der Waals surface area (Å²) in [6.07, 6.45) is 2.05. The van der Waals surface area contributed by atoms with Crippen molar-refractivity contribution < 1.29 is 19.1 Å². The number of esters is 1. The molecule has 0 saturated heterocycles. The Morgan fingerprint density at radius 3 is 2.07 bits per heavy atom. The van der Waals surface area contributed by atoms with E-state index < -0.39 is 5.92 Å². The zero-order chi connectivity index (χ0) is 19.5. The monoisotopic (exact) mass is 366 g/mol. The van der Waals surface area contributed by atoms with E-state index in [1.54, 1.807) is 19.1 Å². The lowest BCUT2D eigenvalue weighted by Crippen LogP contribution is -2.17. The third-order valence-electron chi connectivity index (χ3n) is 4.44. The zero-order valence-corrected chi connectivity index (χ0v) is 15.7. The summed E-state index contributed by atoms with van der Waals surface area (Å²) >= 11 is 0. The van der Waals surface area contributed by atoms with Crippen molar-refractivity contribution in [1.29, 1.82) is 0 Å². The maximum atomic E-state index is 12.8. The summed E-state index contributed by atoms with van der Waals surface area (Å²) in [6, 6.07) is 18.5. The predicted octanol–water partition coefficient (Wildman–Crippen LogP) is 4.74. The first-order valence-corrected chi connectivity index (χ1v) is 9.43. The summed E-state index contributed by atoms with van der Waals surface area (Å²) < 4.78 is 4.90. The summed E-state index contributed by atoms with van der Waals surface area (Å²) in [5.74, 6) is -0.691. The lowest BCUT2D eigenvalue weighted by atomic mass is 9.86. The third kappa shape index (κ3) is 6.81. The fraction of sp³-hybridized carbons (Fsp3) is 0.348. The minimum absolute atomic E-state index is 0.0364. The van der Waals surface area contributed by atoms with Crippen molar-refractivity contribution in [2.24, 2.45) is 0 Å². The van der Waals surface area contributed by atoms with Crippen LogP contribution in [0.1, 0.15) is 60.9 Å². The SMILES string of the molecule is CCOC(=O)CCCCC(=O)C(CC(=O)c1ccccc1)c1ccccc1. The molecule has 0 amide bonds. The van der Waals surface area contributed by atoms with Gasteiger partial charge in [0.05, 0.1) is 6.61 Å². The molecule has 0 aliphatic carbocycles. The molecule has 1 atom stereocenters. The molecule has 2 aromatic carbocycles. The van der Waals surface area contributed by atoms with Gasteiger partial charge in [-0.05, 0) is 25.3 Å². The van der Waals surface area contributed by atoms with Crippen LogP contribution in [0, 0.1) is 0 Å². The number of ketones is 2. The van der Waals surface area contributed by atoms with Crippen LogP contribution in [-0.2, 0) is 14.3 Å². The molecule has 0 saturated carbocycles. The van der Waals surface area contributed by atoms with Crippen molar-refractivity contribution >= 4 is 17.5 Å². The number of rotatable bonds is 11. The summed E-state index contributed by atoms with van der Waals surface area (Å²) in [7, 11) is 0. The van der Waals surface area contributed by atoms with Crippen LogP contribution in [0.15, 0.2) is 60.7 Å². The van der Waals surface area contributed by atoms with Crippen LogP contribution in [0.2, 0.25) is 0 Å². The normalized spacial score (nSPS) is 11.6. The number of Topliss-reactive ketones (excluding diaryl/α,β-unsaturated/α-hetero) is 2. The molecule has 142 valence electrons. The Labute approximate surface area is 160 Å². The first-order valence-electron chi connectivity index (χ1n) is 9.43. The number of hydrogen-bond acceptors (Lipinski definition) is 4. The van der Waals surface area contributed by atoms with E-state index in [9.17, 15) is 14.4 Å². The van der Waals surface area contributed by atoms with Gasteiger partial charge in [0, 0.05) is 30.7 Å². The van der Waals surface area contributed by atoms with E-state index in [-0.39, 0.29) is 24.0 Å². The second-order valence-electron chi connectivity index (χ2n) is 6.44. The highest BCUT2D eigenvalue weighted by molar-refractivity contribution is 6.00. The number of benzene rings is 2. The second kappa shape index (κ2) is 11.1. The molecule has 0 aliphatic heterocycles. The van der Waals surface area contributed by atoms with Crippen LogP contribution in [0.4, 0.5) is 0 Å². The molecule has 0 bridgehead atoms. The van der Waals surface area contributed by atoms with Crippen molar-refractivity contribution in [2.45, 2.75) is 44.9 Å². The van der Waals surface area contributed by atoms with E-state index in [0.29, 0.717) is 37.9 Å². The van der Waals surface area contributed by atoms with Crippen LogP contribution < -0.4 is 0 Å². The largest absolute Gasteiger partial charge is 0.466 e. The number of carbonyl (C=O) groups is 3. The minimum atomic E-state index is -0.457. The van der Waals surface area contributed by atoms with E-state index in [2.05, 4.69) is 0 Å². The first-order chi connectivity index (χ1) is 13.1. The predicted molar refractivity (Wildman–Crippen MR) is 105 cm³/mol. The molecule has 0 N–H and O–H groups in total. The van der Waals surface area contributed by atoms with Crippen molar-refractivity contribution in [3.8, 4) is 0 Å². The Morgan fingerprint density at radius 2 is 1.44 bits per heavy atom. The fourth-order valence-electron chi connectivity index (χ4n) is 3.01. The Bertz CT molecular complexity index is 737. The van der Waals surface area contributed by atoms with E-state index in [0.717, 1.165) is 5.56 Å². The highest BCUT2D eigenvalue weighted by Gasteiger charge is 2.23. The van der Waals surface area contributed by atoms with Crippen LogP contribution in [0.25, 0.3) is 0 Å². The van der Waals surface area contributed by atoms with Gasteiger partial charge in [0.2, 0.25) is 0 Å². The molecule has 4 heteroatoms. The summed E-state index contributed by atoms with van der Waals surface area (Å²) in [5, 5.41) is 0. The standard InChI is InChI=1S/C23H26O4/c1-2-27-23(26)16-10-9-15-21(24)20(18-11-5-3-6-12-18)17-22(25)19-13-7-4-8-14-19/h3-8,11-14,20H,2,9-10,15-17H2,1H3. The number of ether oxygens (including phenoxy) is 1. The van der Waals surface area contributed by atoms with Gasteiger partial charge in [-0.3, -0.25) is 14.4 Å². The van der Waals surface area contributed by atoms with Gasteiger partial charge in [0.15, 0.2) is 5.78 Å². The van der Waals surface area contributed by atoms with Gasteiger partial charge in [0.1, 0.15) is 5.78 Å². The van der Waals surface area contributed by atoms with Crippen LogP contribution in [-0.4, -0.2) is 24.1 Å². The lowest BCUT2D eigenvalue weighted by Gasteiger charge is -2.16. The first kappa shape index (κ1) is 20.6. The molecule has 0 heterocycles. The minimum Gasteiger partial charge on any atom is -0.466 e. The van der Waals surface area contributed by atoms with E-state index in [1.807, 2.05) is 48.5 Å². The molecule has 0 spiro atoms. The zero-order valence-electron chi connectivity index (χ0n) is 15.7. The smallest absolute Gasteiger partial charge is 0.305 e. The molecule has 1 unspecified atom stereocenters. The molecule has 4 nitrogen and oxygen atoms in total. The molecule has 0 fully saturated rings. The van der Waals surface area contributed by atoms with Gasteiger partial charge in [0.25, 0.3) is 0 Å². The number of unbranched alkanes of at least 4 members (excludes halogenated alkanes) is 1. The van der Waals surface area contributed by atoms with Crippen molar-refractivity contribution in [3.63, 3.8) is 0 Å². The molecule has 0 radical (unpaired) electrons. The Hall–Kier alpha value is -2.75. The van der Waals surface area contributed by atoms with Gasteiger partial charge in [-0.2, -0.15) is 0 Å². The number of hydrogen-bond donors (Lipinski definition) is 0. The lowest BCUT2D eigenvalue weighted by molar-refractivity contribution is -0.143. The molecular formula is C23H26O4. The van der Waals surface area contributed by atoms with Crippen LogP contribution in [0.3, 0.4) is 0 Å². The average molecular weight is 366 g/mol. The van der Waals surface area contributed by atoms with Crippen LogP contribution >= 0.6 is 0 Å². The molecule has 2 aromatic rings. The Kier molecular flexibility index (Phi) is 8.43. The maximum Gasteiger partial charge on any atom is 0.305 e. The highest BCUT2D eigenvalue weighted by atomic mass is 16.5. The fourth-order valence-corrected chi connectivity index (χ4v) is 3.01. The van der Waals surface area contributed by atoms with Crippen molar-refractivity contribution in [1.82, 2.24) is 0 Å². The van der Waals surface area contributed by atoms with Gasteiger partial charge >= 0.3 is 5.97 Å². The summed E-state index contributed by atoms with van der Waals surface area (Å²) in [5.41, 5.74) is 1.48. The average Bonchev–Trinajstić information content (AvgIpc) is 2.70. The van der Waals surface area contributed by atoms with Crippen molar-refractivity contribution in [3.05, 3.63) is 71.8 Å². The topological polar surface area (TPSA) is 60.4 Å². The third-order valence-corrected chi connectivity index (χ3v) is 4.44. The molecule has 27 heavy (non-hydrogen) atoms. The second-order valence-corrected chi connectivity index (χ2v) is 6.44.